The summed E-state index contributed by atoms with van der Waals surface area (Å²) in [6.07, 6.45) is 1.01. The smallest absolute Gasteiger partial charge is 0.239 e. The summed E-state index contributed by atoms with van der Waals surface area (Å²) in [4.78, 5) is 13.3. The minimum absolute atomic E-state index is 0.219. The molecule has 0 saturated carbocycles. The second-order valence-electron chi connectivity index (χ2n) is 4.59. The van der Waals surface area contributed by atoms with E-state index in [1.54, 1.807) is 0 Å². The molecule has 1 heterocycles. The number of anilines is 1. The Hall–Kier alpha value is -1.51. The predicted octanol–water partition coefficient (Wildman–Crippen LogP) is 1.54. The third kappa shape index (κ3) is 1.66. The van der Waals surface area contributed by atoms with Crippen molar-refractivity contribution in [1.82, 2.24) is 0 Å². The standard InChI is InChI=1S/C13H18N2O/c1-8-6-11-4-5-15(10(3)13(14)16)12(11)7-9(8)2/h6-7,10H,4-5H2,1-3H3,(H2,14,16)/t10-/m1/s1. The highest BCUT2D eigenvalue weighted by Gasteiger charge is 2.26. The number of carbonyl (C=O) groups is 1. The molecule has 3 heteroatoms. The van der Waals surface area contributed by atoms with Gasteiger partial charge in [-0.15, -0.1) is 0 Å². The molecule has 0 radical (unpaired) electrons. The molecule has 1 atom stereocenters. The molecule has 1 aliphatic rings. The number of nitrogens with zero attached hydrogens (tertiary/aromatic N) is 1. The Morgan fingerprint density at radius 3 is 2.62 bits per heavy atom. The lowest BCUT2D eigenvalue weighted by atomic mass is 10.0. The molecule has 2 N–H and O–H groups in total. The summed E-state index contributed by atoms with van der Waals surface area (Å²) in [6.45, 7) is 6.98. The first-order chi connectivity index (χ1) is 7.50. The van der Waals surface area contributed by atoms with E-state index in [1.165, 1.54) is 22.4 Å². The Morgan fingerprint density at radius 2 is 2.00 bits per heavy atom. The number of benzene rings is 1. The molecule has 0 aromatic heterocycles. The topological polar surface area (TPSA) is 46.3 Å². The normalized spacial score (nSPS) is 16.1. The van der Waals surface area contributed by atoms with Crippen LogP contribution in [0.4, 0.5) is 5.69 Å². The third-order valence-electron chi connectivity index (χ3n) is 3.51. The number of carbonyl (C=O) groups excluding carboxylic acids is 1. The Morgan fingerprint density at radius 1 is 1.38 bits per heavy atom. The second kappa shape index (κ2) is 3.81. The Bertz CT molecular complexity index is 440. The van der Waals surface area contributed by atoms with Crippen LogP contribution in [0.2, 0.25) is 0 Å². The van der Waals surface area contributed by atoms with Crippen LogP contribution in [0.15, 0.2) is 12.1 Å². The van der Waals surface area contributed by atoms with Crippen molar-refractivity contribution in [1.29, 1.82) is 0 Å². The van der Waals surface area contributed by atoms with Crippen molar-refractivity contribution in [3.05, 3.63) is 28.8 Å². The molecule has 1 aromatic carbocycles. The van der Waals surface area contributed by atoms with E-state index in [2.05, 4.69) is 30.9 Å². The Kier molecular flexibility index (Phi) is 2.62. The number of hydrogen-bond acceptors (Lipinski definition) is 2. The van der Waals surface area contributed by atoms with Gasteiger partial charge in [-0.3, -0.25) is 4.79 Å². The van der Waals surface area contributed by atoms with Crippen LogP contribution in [0, 0.1) is 13.8 Å². The Balaban J connectivity index is 2.39. The number of aryl methyl sites for hydroxylation is 2. The minimum Gasteiger partial charge on any atom is -0.368 e. The van der Waals surface area contributed by atoms with Gasteiger partial charge in [-0.05, 0) is 49.9 Å². The lowest BCUT2D eigenvalue weighted by Crippen LogP contribution is -2.41. The van der Waals surface area contributed by atoms with E-state index >= 15 is 0 Å². The van der Waals surface area contributed by atoms with E-state index in [0.717, 1.165) is 13.0 Å². The van der Waals surface area contributed by atoms with Crippen molar-refractivity contribution in [2.45, 2.75) is 33.2 Å². The van der Waals surface area contributed by atoms with Crippen LogP contribution in [0.25, 0.3) is 0 Å². The fourth-order valence-electron chi connectivity index (χ4n) is 2.25. The highest BCUT2D eigenvalue weighted by molar-refractivity contribution is 5.84. The lowest BCUT2D eigenvalue weighted by molar-refractivity contribution is -0.118. The highest BCUT2D eigenvalue weighted by atomic mass is 16.1. The van der Waals surface area contributed by atoms with Crippen molar-refractivity contribution >= 4 is 11.6 Å². The lowest BCUT2D eigenvalue weighted by Gasteiger charge is -2.25. The van der Waals surface area contributed by atoms with Gasteiger partial charge in [-0.25, -0.2) is 0 Å². The summed E-state index contributed by atoms with van der Waals surface area (Å²) < 4.78 is 0. The van der Waals surface area contributed by atoms with E-state index in [4.69, 9.17) is 5.73 Å². The summed E-state index contributed by atoms with van der Waals surface area (Å²) in [5, 5.41) is 0. The van der Waals surface area contributed by atoms with Crippen molar-refractivity contribution in [3.8, 4) is 0 Å². The molecule has 1 amide bonds. The Labute approximate surface area is 96.2 Å². The van der Waals surface area contributed by atoms with Crippen molar-refractivity contribution in [3.63, 3.8) is 0 Å². The maximum atomic E-state index is 11.2. The van der Waals surface area contributed by atoms with Gasteiger partial charge in [-0.2, -0.15) is 0 Å². The van der Waals surface area contributed by atoms with Gasteiger partial charge >= 0.3 is 0 Å². The number of fused-ring (bicyclic) bond motifs is 1. The van der Waals surface area contributed by atoms with Crippen LogP contribution < -0.4 is 10.6 Å². The molecule has 3 nitrogen and oxygen atoms in total. The van der Waals surface area contributed by atoms with Crippen molar-refractivity contribution in [2.24, 2.45) is 5.73 Å². The molecule has 0 unspecified atom stereocenters. The van der Waals surface area contributed by atoms with Gasteiger partial charge < -0.3 is 10.6 Å². The van der Waals surface area contributed by atoms with Crippen molar-refractivity contribution in [2.75, 3.05) is 11.4 Å². The summed E-state index contributed by atoms with van der Waals surface area (Å²) >= 11 is 0. The number of primary amides is 1. The maximum absolute atomic E-state index is 11.2. The van der Waals surface area contributed by atoms with Crippen molar-refractivity contribution < 1.29 is 4.79 Å². The number of hydrogen-bond donors (Lipinski definition) is 1. The molecular formula is C13H18N2O. The second-order valence-corrected chi connectivity index (χ2v) is 4.59. The summed E-state index contributed by atoms with van der Waals surface area (Å²) in [6, 6.07) is 4.17. The highest BCUT2D eigenvalue weighted by Crippen LogP contribution is 2.31. The monoisotopic (exact) mass is 218 g/mol. The van der Waals surface area contributed by atoms with Crippen LogP contribution in [0.1, 0.15) is 23.6 Å². The van der Waals surface area contributed by atoms with Gasteiger partial charge in [0, 0.05) is 12.2 Å². The SMILES string of the molecule is Cc1cc2c(cc1C)N([C@H](C)C(N)=O)CC2. The fourth-order valence-corrected chi connectivity index (χ4v) is 2.25. The quantitative estimate of drug-likeness (QED) is 0.818. The molecule has 1 aromatic rings. The summed E-state index contributed by atoms with van der Waals surface area (Å²) in [5.74, 6) is -0.258. The van der Waals surface area contributed by atoms with E-state index in [-0.39, 0.29) is 11.9 Å². The van der Waals surface area contributed by atoms with Crippen LogP contribution >= 0.6 is 0 Å². The van der Waals surface area contributed by atoms with E-state index in [0.29, 0.717) is 0 Å². The molecule has 0 aliphatic carbocycles. The fraction of sp³-hybridized carbons (Fsp3) is 0.462. The van der Waals surface area contributed by atoms with Crippen LogP contribution in [-0.2, 0) is 11.2 Å². The molecule has 2 rings (SSSR count). The molecule has 0 spiro atoms. The van der Waals surface area contributed by atoms with Gasteiger partial charge in [0.25, 0.3) is 0 Å². The average Bonchev–Trinajstić information content (AvgIpc) is 2.60. The van der Waals surface area contributed by atoms with Gasteiger partial charge in [-0.1, -0.05) is 6.07 Å². The number of nitrogens with two attached hydrogens (primary N) is 1. The predicted molar refractivity (Wildman–Crippen MR) is 65.6 cm³/mol. The number of amides is 1. The van der Waals surface area contributed by atoms with Crippen LogP contribution in [0.5, 0.6) is 0 Å². The maximum Gasteiger partial charge on any atom is 0.239 e. The summed E-state index contributed by atoms with van der Waals surface area (Å²) in [7, 11) is 0. The third-order valence-corrected chi connectivity index (χ3v) is 3.51. The van der Waals surface area contributed by atoms with E-state index in [9.17, 15) is 4.79 Å². The molecular weight excluding hydrogens is 200 g/mol. The zero-order valence-electron chi connectivity index (χ0n) is 10.1. The van der Waals surface area contributed by atoms with Crippen LogP contribution in [0.3, 0.4) is 0 Å². The number of rotatable bonds is 2. The van der Waals surface area contributed by atoms with Gasteiger partial charge in [0.2, 0.25) is 5.91 Å². The van der Waals surface area contributed by atoms with E-state index < -0.39 is 0 Å². The zero-order chi connectivity index (χ0) is 11.9. The molecule has 0 fully saturated rings. The van der Waals surface area contributed by atoms with Gasteiger partial charge in [0.1, 0.15) is 6.04 Å². The van der Waals surface area contributed by atoms with Gasteiger partial charge in [0.15, 0.2) is 0 Å². The first-order valence-electron chi connectivity index (χ1n) is 5.67. The summed E-state index contributed by atoms with van der Waals surface area (Å²) in [5.41, 5.74) is 10.4. The molecule has 1 aliphatic heterocycles. The molecule has 86 valence electrons. The van der Waals surface area contributed by atoms with Gasteiger partial charge in [0.05, 0.1) is 0 Å². The molecule has 16 heavy (non-hydrogen) atoms. The zero-order valence-corrected chi connectivity index (χ0v) is 10.1. The first-order valence-corrected chi connectivity index (χ1v) is 5.67. The van der Waals surface area contributed by atoms with E-state index in [1.807, 2.05) is 6.92 Å². The average molecular weight is 218 g/mol. The largest absolute Gasteiger partial charge is 0.368 e. The first kappa shape index (κ1) is 11.0. The van der Waals surface area contributed by atoms with Crippen LogP contribution in [-0.4, -0.2) is 18.5 Å². The molecule has 0 bridgehead atoms. The minimum atomic E-state index is -0.258. The molecule has 0 saturated heterocycles.